The predicted molar refractivity (Wildman–Crippen MR) is 244 cm³/mol. The average molecular weight is 923 g/mol. The molecule has 324 valence electrons. The van der Waals surface area contributed by atoms with Crippen molar-refractivity contribution in [1.29, 1.82) is 0 Å². The van der Waals surface area contributed by atoms with Gasteiger partial charge in [0.1, 0.15) is 15.8 Å². The molecular formula is C46H60BrN5O6S2. The SMILES string of the molecule is COC(=O)c1sc(C#CC(C)(C)C)cc1N1C(=O)C(Br)CC[C@H]1C1CCCCC1.COC(=O)c1sc(C#CC(C)(C)C)cc1N1C(=O)C(N=[N+]=[N-])CC[C@H]1C1CCCCC1. The number of rotatable bonds is 7. The number of azide groups is 1. The van der Waals surface area contributed by atoms with Gasteiger partial charge in [-0.1, -0.05) is 83.3 Å². The molecule has 4 aliphatic rings. The molecule has 2 aliphatic heterocycles. The van der Waals surface area contributed by atoms with Gasteiger partial charge in [-0.05, 0) is 122 Å². The van der Waals surface area contributed by atoms with E-state index < -0.39 is 18.0 Å². The molecule has 0 spiro atoms. The molecule has 2 amide bonds. The molecule has 60 heavy (non-hydrogen) atoms. The lowest BCUT2D eigenvalue weighted by Crippen LogP contribution is -2.53. The second-order valence-electron chi connectivity index (χ2n) is 18.3. The Labute approximate surface area is 372 Å². The molecule has 2 aromatic heterocycles. The van der Waals surface area contributed by atoms with Gasteiger partial charge in [-0.3, -0.25) is 9.59 Å². The monoisotopic (exact) mass is 921 g/mol. The van der Waals surface area contributed by atoms with Crippen LogP contribution >= 0.6 is 38.6 Å². The van der Waals surface area contributed by atoms with E-state index in [1.807, 2.05) is 37.8 Å². The number of piperidine rings is 2. The molecular weight excluding hydrogens is 863 g/mol. The highest BCUT2D eigenvalue weighted by molar-refractivity contribution is 9.10. The third-order valence-electron chi connectivity index (χ3n) is 11.5. The quantitative estimate of drug-likeness (QED) is 0.0676. The van der Waals surface area contributed by atoms with Crippen LogP contribution in [0, 0.1) is 46.3 Å². The van der Waals surface area contributed by atoms with E-state index in [4.69, 9.17) is 15.0 Å². The fraction of sp³-hybridized carbons (Fsp3) is 0.652. The average Bonchev–Trinajstić information content (AvgIpc) is 3.85. The van der Waals surface area contributed by atoms with E-state index in [0.717, 1.165) is 62.7 Å². The maximum atomic E-state index is 13.4. The number of hydrogen-bond donors (Lipinski definition) is 0. The standard InChI is InChI=1S/C23H30BrNO3S.C23H30N4O3S/c1-23(2,3)13-12-16-14-19(20(29-16)22(27)28-4)25-18(11-10-17(24)21(25)26)15-8-6-5-7-9-15;1-23(2,3)13-12-16-14-19(20(31-16)22(29)30-4)27-18(15-8-6-5-7-9-15)11-10-17(21(27)28)25-26-24/h14-15,17-18H,5-11H2,1-4H3;14-15,17-18H,5-11H2,1-4H3/t2*17?,18-/m00/s1. The minimum absolute atomic E-state index is 0.0145. The van der Waals surface area contributed by atoms with E-state index >= 15 is 0 Å². The lowest BCUT2D eigenvalue weighted by Gasteiger charge is -2.43. The largest absolute Gasteiger partial charge is 0.465 e. The van der Waals surface area contributed by atoms with Gasteiger partial charge < -0.3 is 19.3 Å². The highest BCUT2D eigenvalue weighted by Gasteiger charge is 2.43. The predicted octanol–water partition coefficient (Wildman–Crippen LogP) is 11.5. The Bertz CT molecular complexity index is 2060. The van der Waals surface area contributed by atoms with Gasteiger partial charge in [-0.25, -0.2) is 9.59 Å². The van der Waals surface area contributed by atoms with Crippen LogP contribution in [0.25, 0.3) is 10.4 Å². The van der Waals surface area contributed by atoms with Crippen LogP contribution in [0.4, 0.5) is 11.4 Å². The zero-order valence-electron chi connectivity index (χ0n) is 36.4. The molecule has 2 aromatic rings. The van der Waals surface area contributed by atoms with E-state index in [-0.39, 0.29) is 39.6 Å². The number of esters is 2. The molecule has 0 radical (unpaired) electrons. The zero-order chi connectivity index (χ0) is 43.8. The summed E-state index contributed by atoms with van der Waals surface area (Å²) < 4.78 is 10.1. The molecule has 2 saturated carbocycles. The summed E-state index contributed by atoms with van der Waals surface area (Å²) in [6.45, 7) is 12.2. The van der Waals surface area contributed by atoms with Gasteiger partial charge in [0, 0.05) is 27.8 Å². The molecule has 0 aromatic carbocycles. The van der Waals surface area contributed by atoms with Crippen molar-refractivity contribution in [3.05, 3.63) is 42.1 Å². The van der Waals surface area contributed by atoms with E-state index in [9.17, 15) is 19.2 Å². The van der Waals surface area contributed by atoms with Gasteiger partial charge in [0.2, 0.25) is 11.8 Å². The summed E-state index contributed by atoms with van der Waals surface area (Å²) in [6, 6.07) is 3.10. The highest BCUT2D eigenvalue weighted by atomic mass is 79.9. The second kappa shape index (κ2) is 20.8. The van der Waals surface area contributed by atoms with Crippen LogP contribution in [-0.2, 0) is 19.1 Å². The van der Waals surface area contributed by atoms with Gasteiger partial charge in [-0.15, -0.1) is 22.7 Å². The van der Waals surface area contributed by atoms with E-state index in [1.165, 1.54) is 62.6 Å². The van der Waals surface area contributed by atoms with Gasteiger partial charge in [-0.2, -0.15) is 0 Å². The van der Waals surface area contributed by atoms with Crippen LogP contribution in [0.15, 0.2) is 17.2 Å². The van der Waals surface area contributed by atoms with E-state index in [0.29, 0.717) is 44.3 Å². The van der Waals surface area contributed by atoms with Crippen molar-refractivity contribution < 1.29 is 28.7 Å². The summed E-state index contributed by atoms with van der Waals surface area (Å²) in [7, 11) is 2.72. The molecule has 2 unspecified atom stereocenters. The Morgan fingerprint density at radius 2 is 1.12 bits per heavy atom. The summed E-state index contributed by atoms with van der Waals surface area (Å²) in [5.41, 5.74) is 9.82. The smallest absolute Gasteiger partial charge is 0.350 e. The van der Waals surface area contributed by atoms with E-state index in [2.05, 4.69) is 70.4 Å². The maximum absolute atomic E-state index is 13.4. The molecule has 14 heteroatoms. The Hall–Kier alpha value is -3.81. The Morgan fingerprint density at radius 1 is 0.700 bits per heavy atom. The maximum Gasteiger partial charge on any atom is 0.350 e. The number of methoxy groups -OCH3 is 2. The molecule has 11 nitrogen and oxygen atoms in total. The van der Waals surface area contributed by atoms with Gasteiger partial charge >= 0.3 is 11.9 Å². The number of ether oxygens (including phenoxy) is 2. The number of carbonyl (C=O) groups excluding carboxylic acids is 4. The van der Waals surface area contributed by atoms with Gasteiger partial charge in [0.25, 0.3) is 0 Å². The van der Waals surface area contributed by atoms with Crippen molar-refractivity contribution in [2.45, 2.75) is 154 Å². The molecule has 4 atom stereocenters. The zero-order valence-corrected chi connectivity index (χ0v) is 39.6. The van der Waals surface area contributed by atoms with Gasteiger partial charge in [0.15, 0.2) is 0 Å². The number of alkyl halides is 1. The first kappa shape index (κ1) is 47.2. The lowest BCUT2D eigenvalue weighted by molar-refractivity contribution is -0.122. The molecule has 2 saturated heterocycles. The van der Waals surface area contributed by atoms with Gasteiger partial charge in [0.05, 0.1) is 40.2 Å². The number of halogens is 1. The van der Waals surface area contributed by atoms with E-state index in [1.54, 1.807) is 4.90 Å². The summed E-state index contributed by atoms with van der Waals surface area (Å²) in [5.74, 6) is 12.6. The Balaban J connectivity index is 0.000000228. The minimum atomic E-state index is -0.751. The van der Waals surface area contributed by atoms with Crippen LogP contribution in [0.3, 0.4) is 0 Å². The summed E-state index contributed by atoms with van der Waals surface area (Å²) >= 11 is 6.12. The first-order valence-electron chi connectivity index (χ1n) is 21.3. The third-order valence-corrected chi connectivity index (χ3v) is 14.4. The first-order valence-corrected chi connectivity index (χ1v) is 23.9. The molecule has 4 heterocycles. The van der Waals surface area contributed by atoms with Crippen LogP contribution in [0.2, 0.25) is 0 Å². The van der Waals surface area contributed by atoms with Crippen molar-refractivity contribution in [2.24, 2.45) is 27.8 Å². The second-order valence-corrected chi connectivity index (χ2v) is 21.5. The topological polar surface area (TPSA) is 142 Å². The van der Waals surface area contributed by atoms with Crippen molar-refractivity contribution >= 4 is 73.7 Å². The Kier molecular flexibility index (Phi) is 16.4. The number of thiophene rings is 2. The minimum Gasteiger partial charge on any atom is -0.465 e. The molecule has 2 aliphatic carbocycles. The van der Waals surface area contributed by atoms with Crippen molar-refractivity contribution in [2.75, 3.05) is 24.0 Å². The van der Waals surface area contributed by atoms with Crippen LogP contribution in [-0.4, -0.2) is 60.9 Å². The number of hydrogen-bond acceptors (Lipinski definition) is 9. The Morgan fingerprint density at radius 3 is 1.52 bits per heavy atom. The van der Waals surface area contributed by atoms with Crippen molar-refractivity contribution in [3.63, 3.8) is 0 Å². The lowest BCUT2D eigenvalue weighted by atomic mass is 9.79. The fourth-order valence-electron chi connectivity index (χ4n) is 8.70. The van der Waals surface area contributed by atoms with Crippen LogP contribution < -0.4 is 9.80 Å². The first-order chi connectivity index (χ1) is 28.5. The van der Waals surface area contributed by atoms with Crippen LogP contribution in [0.5, 0.6) is 0 Å². The highest BCUT2D eigenvalue weighted by Crippen LogP contribution is 2.43. The van der Waals surface area contributed by atoms with Crippen LogP contribution in [0.1, 0.15) is 161 Å². The summed E-state index contributed by atoms with van der Waals surface area (Å²) in [5, 5.41) is 3.74. The summed E-state index contributed by atoms with van der Waals surface area (Å²) in [6.07, 6.45) is 14.7. The molecule has 0 N–H and O–H groups in total. The number of anilines is 2. The normalized spacial score (nSPS) is 22.9. The molecule has 0 bridgehead atoms. The molecule has 4 fully saturated rings. The number of carbonyl (C=O) groups is 4. The van der Waals surface area contributed by atoms with Crippen molar-refractivity contribution in [1.82, 2.24) is 0 Å². The number of nitrogens with zero attached hydrogens (tertiary/aromatic N) is 5. The third kappa shape index (κ3) is 12.0. The fourth-order valence-corrected chi connectivity index (χ4v) is 11.0. The van der Waals surface area contributed by atoms with Crippen molar-refractivity contribution in [3.8, 4) is 23.7 Å². The number of amides is 2. The molecule has 6 rings (SSSR count). The summed E-state index contributed by atoms with van der Waals surface area (Å²) in [4.78, 5) is 60.5.